The van der Waals surface area contributed by atoms with E-state index in [0.717, 1.165) is 0 Å². The Labute approximate surface area is 116 Å². The van der Waals surface area contributed by atoms with E-state index in [0.29, 0.717) is 6.54 Å². The molecule has 0 fully saturated rings. The molecule has 98 valence electrons. The average molecular weight is 261 g/mol. The van der Waals surface area contributed by atoms with Gasteiger partial charge in [-0.05, 0) is 11.5 Å². The molecule has 0 atom stereocenters. The predicted molar refractivity (Wildman–Crippen MR) is 84.0 cm³/mol. The normalized spacial score (nSPS) is 11.7. The lowest BCUT2D eigenvalue weighted by molar-refractivity contribution is 0.280. The van der Waals surface area contributed by atoms with Gasteiger partial charge in [0.2, 0.25) is 0 Å². The topological polar surface area (TPSA) is 25.2 Å². The number of aliphatic hydroxyl groups is 1. The van der Waals surface area contributed by atoms with Crippen LogP contribution in [0.1, 0.15) is 0 Å². The second-order valence-electron chi connectivity index (χ2n) is 5.08. The van der Waals surface area contributed by atoms with Crippen LogP contribution in [0.5, 0.6) is 0 Å². The number of hydrogen-bond acceptors (Lipinski definition) is 1. The molecule has 0 amide bonds. The van der Waals surface area contributed by atoms with Crippen LogP contribution in [0.4, 0.5) is 0 Å². The van der Waals surface area contributed by atoms with E-state index in [4.69, 9.17) is 0 Å². The largest absolute Gasteiger partial charge is 0.395 e. The first-order valence-corrected chi connectivity index (χ1v) is 6.90. The standard InChI is InChI=1S/C18H15NO/c20-12-11-19-17-8-4-3-7-15(17)16-10-9-13-5-1-2-6-14(13)18(16)19/h1-10,20H,11-12H2. The molecule has 0 saturated heterocycles. The molecule has 4 rings (SSSR count). The summed E-state index contributed by atoms with van der Waals surface area (Å²) in [4.78, 5) is 0. The van der Waals surface area contributed by atoms with Gasteiger partial charge in [0.25, 0.3) is 0 Å². The molecule has 1 aromatic heterocycles. The molecule has 20 heavy (non-hydrogen) atoms. The van der Waals surface area contributed by atoms with E-state index >= 15 is 0 Å². The van der Waals surface area contributed by atoms with E-state index in [9.17, 15) is 5.11 Å². The molecule has 3 aromatic carbocycles. The van der Waals surface area contributed by atoms with Crippen molar-refractivity contribution in [3.63, 3.8) is 0 Å². The van der Waals surface area contributed by atoms with Crippen molar-refractivity contribution in [2.24, 2.45) is 0 Å². The van der Waals surface area contributed by atoms with Gasteiger partial charge in [-0.3, -0.25) is 0 Å². The van der Waals surface area contributed by atoms with Crippen molar-refractivity contribution < 1.29 is 5.11 Å². The van der Waals surface area contributed by atoms with Crippen LogP contribution in [0.2, 0.25) is 0 Å². The SMILES string of the molecule is OCCn1c2ccccc2c2ccc3ccccc3c21. The second kappa shape index (κ2) is 4.36. The van der Waals surface area contributed by atoms with Gasteiger partial charge in [-0.15, -0.1) is 0 Å². The van der Waals surface area contributed by atoms with Gasteiger partial charge < -0.3 is 9.67 Å². The Kier molecular flexibility index (Phi) is 2.51. The molecule has 2 heteroatoms. The molecule has 0 aliphatic carbocycles. The van der Waals surface area contributed by atoms with E-state index in [1.54, 1.807) is 0 Å². The van der Waals surface area contributed by atoms with Crippen LogP contribution >= 0.6 is 0 Å². The quantitative estimate of drug-likeness (QED) is 0.581. The lowest BCUT2D eigenvalue weighted by Gasteiger charge is -2.07. The Morgan fingerprint density at radius 2 is 1.50 bits per heavy atom. The molecule has 0 radical (unpaired) electrons. The Morgan fingerprint density at radius 3 is 2.35 bits per heavy atom. The molecule has 0 spiro atoms. The first-order valence-electron chi connectivity index (χ1n) is 6.90. The van der Waals surface area contributed by atoms with Crippen LogP contribution in [0.25, 0.3) is 32.6 Å². The lowest BCUT2D eigenvalue weighted by atomic mass is 10.1. The highest BCUT2D eigenvalue weighted by Crippen LogP contribution is 2.33. The van der Waals surface area contributed by atoms with Crippen LogP contribution < -0.4 is 0 Å². The Bertz CT molecular complexity index is 921. The number of nitrogens with zero attached hydrogens (tertiary/aromatic N) is 1. The fourth-order valence-electron chi connectivity index (χ4n) is 3.15. The highest BCUT2D eigenvalue weighted by atomic mass is 16.3. The minimum atomic E-state index is 0.150. The Balaban J connectivity index is 2.29. The zero-order valence-corrected chi connectivity index (χ0v) is 11.1. The predicted octanol–water partition coefficient (Wildman–Crippen LogP) is 3.94. The molecule has 1 heterocycles. The van der Waals surface area contributed by atoms with E-state index in [-0.39, 0.29) is 6.61 Å². The van der Waals surface area contributed by atoms with Gasteiger partial charge in [0.1, 0.15) is 0 Å². The molecule has 0 saturated carbocycles. The third kappa shape index (κ3) is 1.49. The van der Waals surface area contributed by atoms with Crippen LogP contribution in [-0.2, 0) is 6.54 Å². The smallest absolute Gasteiger partial charge is 0.0610 e. The molecule has 1 N–H and O–H groups in total. The summed E-state index contributed by atoms with van der Waals surface area (Å²) in [6.45, 7) is 0.773. The lowest BCUT2D eigenvalue weighted by Crippen LogP contribution is -2.01. The van der Waals surface area contributed by atoms with Crippen LogP contribution in [-0.4, -0.2) is 16.3 Å². The van der Waals surface area contributed by atoms with Gasteiger partial charge in [0.15, 0.2) is 0 Å². The van der Waals surface area contributed by atoms with Gasteiger partial charge in [-0.1, -0.05) is 54.6 Å². The molecule has 0 aliphatic heterocycles. The third-order valence-electron chi connectivity index (χ3n) is 3.98. The maximum atomic E-state index is 9.41. The minimum Gasteiger partial charge on any atom is -0.395 e. The molecule has 4 aromatic rings. The van der Waals surface area contributed by atoms with Gasteiger partial charge in [-0.2, -0.15) is 0 Å². The van der Waals surface area contributed by atoms with Gasteiger partial charge in [0, 0.05) is 28.2 Å². The fourth-order valence-corrected chi connectivity index (χ4v) is 3.15. The van der Waals surface area contributed by atoms with Crippen LogP contribution in [0, 0.1) is 0 Å². The summed E-state index contributed by atoms with van der Waals surface area (Å²) in [7, 11) is 0. The zero-order chi connectivity index (χ0) is 13.5. The summed E-state index contributed by atoms with van der Waals surface area (Å²) in [5.74, 6) is 0. The maximum Gasteiger partial charge on any atom is 0.0610 e. The first kappa shape index (κ1) is 11.5. The van der Waals surface area contributed by atoms with Crippen molar-refractivity contribution in [3.8, 4) is 0 Å². The third-order valence-corrected chi connectivity index (χ3v) is 3.98. The molecule has 0 aliphatic rings. The number of aliphatic hydroxyl groups excluding tert-OH is 1. The number of benzene rings is 3. The number of rotatable bonds is 2. The molecule has 0 unspecified atom stereocenters. The number of aromatic nitrogens is 1. The van der Waals surface area contributed by atoms with Crippen molar-refractivity contribution >= 4 is 32.6 Å². The summed E-state index contributed by atoms with van der Waals surface area (Å²) in [6, 6.07) is 21.2. The van der Waals surface area contributed by atoms with Gasteiger partial charge >= 0.3 is 0 Å². The minimum absolute atomic E-state index is 0.150. The maximum absolute atomic E-state index is 9.41. The number of fused-ring (bicyclic) bond motifs is 5. The van der Waals surface area contributed by atoms with E-state index in [1.165, 1.54) is 32.6 Å². The van der Waals surface area contributed by atoms with E-state index in [2.05, 4.69) is 65.2 Å². The highest BCUT2D eigenvalue weighted by molar-refractivity contribution is 6.17. The van der Waals surface area contributed by atoms with Crippen LogP contribution in [0.15, 0.2) is 60.7 Å². The zero-order valence-electron chi connectivity index (χ0n) is 11.1. The number of hydrogen-bond donors (Lipinski definition) is 1. The van der Waals surface area contributed by atoms with E-state index < -0.39 is 0 Å². The van der Waals surface area contributed by atoms with Gasteiger partial charge in [0.05, 0.1) is 12.1 Å². The monoisotopic (exact) mass is 261 g/mol. The van der Waals surface area contributed by atoms with Crippen molar-refractivity contribution in [1.82, 2.24) is 4.57 Å². The fraction of sp³-hybridized carbons (Fsp3) is 0.111. The average Bonchev–Trinajstić information content (AvgIpc) is 2.83. The highest BCUT2D eigenvalue weighted by Gasteiger charge is 2.12. The van der Waals surface area contributed by atoms with Crippen molar-refractivity contribution in [1.29, 1.82) is 0 Å². The summed E-state index contributed by atoms with van der Waals surface area (Å²) in [6.07, 6.45) is 0. The van der Waals surface area contributed by atoms with Crippen molar-refractivity contribution in [2.75, 3.05) is 6.61 Å². The number of para-hydroxylation sites is 1. The molecular formula is C18H15NO. The molecule has 2 nitrogen and oxygen atoms in total. The second-order valence-corrected chi connectivity index (χ2v) is 5.08. The molecule has 0 bridgehead atoms. The first-order chi connectivity index (χ1) is 9.90. The molecular weight excluding hydrogens is 246 g/mol. The Hall–Kier alpha value is -2.32. The van der Waals surface area contributed by atoms with Gasteiger partial charge in [-0.25, -0.2) is 0 Å². The van der Waals surface area contributed by atoms with Crippen LogP contribution in [0.3, 0.4) is 0 Å². The summed E-state index contributed by atoms with van der Waals surface area (Å²) >= 11 is 0. The van der Waals surface area contributed by atoms with Crippen molar-refractivity contribution in [3.05, 3.63) is 60.7 Å². The van der Waals surface area contributed by atoms with E-state index in [1.807, 2.05) is 0 Å². The summed E-state index contributed by atoms with van der Waals surface area (Å²) in [5, 5.41) is 14.4. The Morgan fingerprint density at radius 1 is 0.750 bits per heavy atom. The summed E-state index contributed by atoms with van der Waals surface area (Å²) in [5.41, 5.74) is 2.41. The van der Waals surface area contributed by atoms with Crippen molar-refractivity contribution in [2.45, 2.75) is 6.54 Å². The summed E-state index contributed by atoms with van der Waals surface area (Å²) < 4.78 is 2.23.